The number of amides is 1. The minimum Gasteiger partial charge on any atom is -0.505 e. The largest absolute Gasteiger partial charge is 0.505 e. The van der Waals surface area contributed by atoms with Crippen LogP contribution in [0.3, 0.4) is 0 Å². The van der Waals surface area contributed by atoms with E-state index in [0.29, 0.717) is 5.02 Å². The number of hydrogen-bond acceptors (Lipinski definition) is 3. The first kappa shape index (κ1) is 16.7. The van der Waals surface area contributed by atoms with Gasteiger partial charge in [-0.3, -0.25) is 4.79 Å². The molecule has 2 rings (SSSR count). The number of aromatic hydroxyl groups is 1. The summed E-state index contributed by atoms with van der Waals surface area (Å²) in [4.78, 5) is 12.3. The molecule has 0 radical (unpaired) electrons. The van der Waals surface area contributed by atoms with Crippen molar-refractivity contribution in [2.75, 3.05) is 5.32 Å². The third-order valence-corrected chi connectivity index (χ3v) is 3.78. The van der Waals surface area contributed by atoms with Gasteiger partial charge in [0.15, 0.2) is 5.75 Å². The highest BCUT2D eigenvalue weighted by Crippen LogP contribution is 2.33. The first-order valence-corrected chi connectivity index (χ1v) is 7.23. The summed E-state index contributed by atoms with van der Waals surface area (Å²) in [5.74, 6) is -0.956. The summed E-state index contributed by atoms with van der Waals surface area (Å²) in [6.07, 6.45) is 0. The second kappa shape index (κ2) is 6.64. The third kappa shape index (κ3) is 3.40. The standard InChI is InChI=1S/C14H6Cl4N2O2/c15-7-2-9(16)12(10(17)3-7)14(22)20-8-1-6(5-19)13(21)11(18)4-8/h1-4,21H,(H,20,22). The van der Waals surface area contributed by atoms with Gasteiger partial charge in [-0.05, 0) is 24.3 Å². The van der Waals surface area contributed by atoms with Crippen LogP contribution in [0.25, 0.3) is 0 Å². The zero-order valence-electron chi connectivity index (χ0n) is 10.6. The van der Waals surface area contributed by atoms with Crippen molar-refractivity contribution in [2.45, 2.75) is 0 Å². The normalized spacial score (nSPS) is 10.1. The van der Waals surface area contributed by atoms with E-state index in [1.807, 2.05) is 0 Å². The van der Waals surface area contributed by atoms with Crippen LogP contribution in [0.1, 0.15) is 15.9 Å². The zero-order chi connectivity index (χ0) is 16.4. The fourth-order valence-corrected chi connectivity index (χ4v) is 2.92. The monoisotopic (exact) mass is 374 g/mol. The molecule has 0 saturated carbocycles. The fourth-order valence-electron chi connectivity index (χ4n) is 1.71. The third-order valence-electron chi connectivity index (χ3n) is 2.68. The second-order valence-corrected chi connectivity index (χ2v) is 5.82. The lowest BCUT2D eigenvalue weighted by Crippen LogP contribution is -2.13. The highest BCUT2D eigenvalue weighted by atomic mass is 35.5. The summed E-state index contributed by atoms with van der Waals surface area (Å²) in [7, 11) is 0. The maximum absolute atomic E-state index is 12.3. The van der Waals surface area contributed by atoms with E-state index in [0.717, 1.165) is 0 Å². The van der Waals surface area contributed by atoms with E-state index in [1.165, 1.54) is 24.3 Å². The van der Waals surface area contributed by atoms with Gasteiger partial charge in [-0.2, -0.15) is 5.26 Å². The van der Waals surface area contributed by atoms with Gasteiger partial charge >= 0.3 is 0 Å². The van der Waals surface area contributed by atoms with Gasteiger partial charge in [-0.15, -0.1) is 0 Å². The first-order valence-electron chi connectivity index (χ1n) is 5.72. The van der Waals surface area contributed by atoms with Crippen molar-refractivity contribution >= 4 is 58.0 Å². The van der Waals surface area contributed by atoms with E-state index >= 15 is 0 Å². The molecule has 0 aromatic heterocycles. The molecule has 0 bridgehead atoms. The van der Waals surface area contributed by atoms with Gasteiger partial charge in [0.05, 0.1) is 26.2 Å². The smallest absolute Gasteiger partial charge is 0.258 e. The summed E-state index contributed by atoms with van der Waals surface area (Å²) in [6, 6.07) is 7.10. The zero-order valence-corrected chi connectivity index (χ0v) is 13.6. The molecule has 4 nitrogen and oxygen atoms in total. The Morgan fingerprint density at radius 3 is 2.18 bits per heavy atom. The van der Waals surface area contributed by atoms with Crippen LogP contribution in [0.2, 0.25) is 20.1 Å². The number of nitrogens with one attached hydrogen (secondary N) is 1. The number of phenolic OH excluding ortho intramolecular Hbond substituents is 1. The fraction of sp³-hybridized carbons (Fsp3) is 0. The maximum Gasteiger partial charge on any atom is 0.258 e. The van der Waals surface area contributed by atoms with Crippen LogP contribution in [0.4, 0.5) is 5.69 Å². The lowest BCUT2D eigenvalue weighted by atomic mass is 10.1. The molecule has 0 fully saturated rings. The van der Waals surface area contributed by atoms with E-state index in [9.17, 15) is 9.90 Å². The van der Waals surface area contributed by atoms with Crippen LogP contribution in [0.5, 0.6) is 5.75 Å². The highest BCUT2D eigenvalue weighted by Gasteiger charge is 2.17. The minimum absolute atomic E-state index is 0.0374. The van der Waals surface area contributed by atoms with Gasteiger partial charge in [0.25, 0.3) is 5.91 Å². The number of nitrogens with zero attached hydrogens (tertiary/aromatic N) is 1. The molecule has 0 saturated heterocycles. The summed E-state index contributed by atoms with van der Waals surface area (Å²) in [6.45, 7) is 0. The molecular weight excluding hydrogens is 370 g/mol. The Hall–Kier alpha value is -1.64. The molecule has 2 aromatic rings. The van der Waals surface area contributed by atoms with Gasteiger partial charge in [-0.25, -0.2) is 0 Å². The lowest BCUT2D eigenvalue weighted by molar-refractivity contribution is 0.102. The Kier molecular flexibility index (Phi) is 5.05. The molecule has 1 amide bonds. The molecule has 0 aliphatic carbocycles. The van der Waals surface area contributed by atoms with Gasteiger partial charge < -0.3 is 10.4 Å². The minimum atomic E-state index is -0.600. The summed E-state index contributed by atoms with van der Waals surface area (Å²) >= 11 is 23.5. The van der Waals surface area contributed by atoms with Crippen molar-refractivity contribution in [1.82, 2.24) is 0 Å². The number of rotatable bonds is 2. The van der Waals surface area contributed by atoms with Crippen molar-refractivity contribution < 1.29 is 9.90 Å². The van der Waals surface area contributed by atoms with Crippen LogP contribution in [0, 0.1) is 11.3 Å². The number of carbonyl (C=O) groups excluding carboxylic acids is 1. The van der Waals surface area contributed by atoms with Crippen LogP contribution in [-0.4, -0.2) is 11.0 Å². The maximum atomic E-state index is 12.3. The van der Waals surface area contributed by atoms with Crippen molar-refractivity contribution in [2.24, 2.45) is 0 Å². The number of anilines is 1. The molecule has 112 valence electrons. The molecule has 0 aliphatic rings. The predicted octanol–water partition coefficient (Wildman–Crippen LogP) is 5.13. The summed E-state index contributed by atoms with van der Waals surface area (Å²) in [5, 5.41) is 21.4. The van der Waals surface area contributed by atoms with E-state index < -0.39 is 5.91 Å². The average Bonchev–Trinajstić information content (AvgIpc) is 2.41. The Morgan fingerprint density at radius 2 is 1.64 bits per heavy atom. The molecule has 0 atom stereocenters. The number of phenols is 1. The van der Waals surface area contributed by atoms with Gasteiger partial charge in [0.1, 0.15) is 6.07 Å². The summed E-state index contributed by atoms with van der Waals surface area (Å²) in [5.41, 5.74) is 0.179. The van der Waals surface area contributed by atoms with E-state index in [1.54, 1.807) is 6.07 Å². The second-order valence-electron chi connectivity index (χ2n) is 4.16. The Morgan fingerprint density at radius 1 is 1.05 bits per heavy atom. The molecule has 0 heterocycles. The number of benzene rings is 2. The van der Waals surface area contributed by atoms with Crippen LogP contribution < -0.4 is 5.32 Å². The Labute approximate surface area is 145 Å². The van der Waals surface area contributed by atoms with Gasteiger partial charge in [-0.1, -0.05) is 46.4 Å². The van der Waals surface area contributed by atoms with Crippen LogP contribution in [0.15, 0.2) is 24.3 Å². The molecule has 0 aliphatic heterocycles. The molecule has 8 heteroatoms. The number of halogens is 4. The molecule has 22 heavy (non-hydrogen) atoms. The number of hydrogen-bond donors (Lipinski definition) is 2. The van der Waals surface area contributed by atoms with Crippen LogP contribution in [-0.2, 0) is 0 Å². The molecular formula is C14H6Cl4N2O2. The number of carbonyl (C=O) groups is 1. The van der Waals surface area contributed by atoms with E-state index in [2.05, 4.69) is 5.32 Å². The topological polar surface area (TPSA) is 73.1 Å². The van der Waals surface area contributed by atoms with Crippen molar-refractivity contribution in [3.63, 3.8) is 0 Å². The van der Waals surface area contributed by atoms with Crippen molar-refractivity contribution in [3.05, 3.63) is 55.5 Å². The molecule has 0 spiro atoms. The molecule has 0 unspecified atom stereocenters. The van der Waals surface area contributed by atoms with Crippen LogP contribution >= 0.6 is 46.4 Å². The average molecular weight is 376 g/mol. The quantitative estimate of drug-likeness (QED) is 0.714. The Bertz CT molecular complexity index is 792. The van der Waals surface area contributed by atoms with E-state index in [-0.39, 0.29) is 37.6 Å². The first-order chi connectivity index (χ1) is 10.3. The van der Waals surface area contributed by atoms with Gasteiger partial charge in [0.2, 0.25) is 0 Å². The summed E-state index contributed by atoms with van der Waals surface area (Å²) < 4.78 is 0. The van der Waals surface area contributed by atoms with Crippen molar-refractivity contribution in [1.29, 1.82) is 5.26 Å². The predicted molar refractivity (Wildman–Crippen MR) is 87.3 cm³/mol. The lowest BCUT2D eigenvalue weighted by Gasteiger charge is -2.10. The SMILES string of the molecule is N#Cc1cc(NC(=O)c2c(Cl)cc(Cl)cc2Cl)cc(Cl)c1O. The highest BCUT2D eigenvalue weighted by molar-refractivity contribution is 6.42. The van der Waals surface area contributed by atoms with Gasteiger partial charge in [0, 0.05) is 10.7 Å². The Balaban J connectivity index is 2.39. The molecule has 2 aromatic carbocycles. The number of nitriles is 1. The molecule has 2 N–H and O–H groups in total. The van der Waals surface area contributed by atoms with Crippen molar-refractivity contribution in [3.8, 4) is 11.8 Å². The van der Waals surface area contributed by atoms with E-state index in [4.69, 9.17) is 51.7 Å².